The van der Waals surface area contributed by atoms with Gasteiger partial charge in [-0.15, -0.1) is 0 Å². The highest BCUT2D eigenvalue weighted by molar-refractivity contribution is 5.05. The molecule has 55 valence electrons. The highest BCUT2D eigenvalue weighted by Gasteiger charge is 2.05. The van der Waals surface area contributed by atoms with Crippen molar-refractivity contribution >= 4 is 0 Å². The van der Waals surface area contributed by atoms with E-state index >= 15 is 0 Å². The van der Waals surface area contributed by atoms with Crippen molar-refractivity contribution in [1.29, 1.82) is 0 Å². The van der Waals surface area contributed by atoms with E-state index in [9.17, 15) is 4.79 Å². The van der Waals surface area contributed by atoms with E-state index < -0.39 is 5.82 Å². The summed E-state index contributed by atoms with van der Waals surface area (Å²) in [5.74, 6) is 0.257. The van der Waals surface area contributed by atoms with Crippen LogP contribution >= 0.6 is 0 Å². The van der Waals surface area contributed by atoms with Gasteiger partial charge in [0.1, 0.15) is 5.76 Å². The van der Waals surface area contributed by atoms with Crippen LogP contribution in [0.25, 0.3) is 0 Å². The lowest BCUT2D eigenvalue weighted by atomic mass is 10.2. The van der Waals surface area contributed by atoms with Crippen LogP contribution in [0.4, 0.5) is 0 Å². The molecule has 1 heterocycles. The van der Waals surface area contributed by atoms with Crippen LogP contribution in [0.1, 0.15) is 24.9 Å². The zero-order valence-corrected chi connectivity index (χ0v) is 5.85. The lowest BCUT2D eigenvalue weighted by Crippen LogP contribution is -1.86. The van der Waals surface area contributed by atoms with Crippen molar-refractivity contribution in [2.45, 2.75) is 19.8 Å². The van der Waals surface area contributed by atoms with Crippen molar-refractivity contribution in [1.82, 2.24) is 0 Å². The van der Waals surface area contributed by atoms with E-state index in [1.807, 2.05) is 6.92 Å². The molecule has 0 saturated carbocycles. The van der Waals surface area contributed by atoms with Crippen molar-refractivity contribution in [3.8, 4) is 0 Å². The van der Waals surface area contributed by atoms with Gasteiger partial charge in [-0.2, -0.15) is 0 Å². The summed E-state index contributed by atoms with van der Waals surface area (Å²) in [6.45, 7) is 5.49. The Morgan fingerprint density at radius 3 is 2.60 bits per heavy atom. The molecule has 3 heteroatoms. The highest BCUT2D eigenvalue weighted by atomic mass is 16.6. The van der Waals surface area contributed by atoms with Gasteiger partial charge in [-0.05, 0) is 6.42 Å². The summed E-state index contributed by atoms with van der Waals surface area (Å²) in [6.07, 6.45) is 1.63. The molecule has 0 bridgehead atoms. The normalized spacial score (nSPS) is 10.2. The minimum Gasteiger partial charge on any atom is -0.396 e. The standard InChI is InChI=1S/C7H9O3/c1-3-4-6-5(2)9-7(8)10-6/h2-4H2,1H3. The predicted octanol–water partition coefficient (Wildman–Crippen LogP) is 1.37. The third-order valence-corrected chi connectivity index (χ3v) is 1.20. The van der Waals surface area contributed by atoms with Crippen LogP contribution in [0.15, 0.2) is 13.6 Å². The average molecular weight is 141 g/mol. The Morgan fingerprint density at radius 1 is 1.50 bits per heavy atom. The van der Waals surface area contributed by atoms with Crippen molar-refractivity contribution in [2.75, 3.05) is 0 Å². The summed E-state index contributed by atoms with van der Waals surface area (Å²) in [7, 11) is 0. The molecule has 0 aliphatic carbocycles. The maximum Gasteiger partial charge on any atom is 0.519 e. The van der Waals surface area contributed by atoms with Gasteiger partial charge in [0.15, 0.2) is 5.76 Å². The van der Waals surface area contributed by atoms with E-state index in [-0.39, 0.29) is 0 Å². The molecule has 0 fully saturated rings. The van der Waals surface area contributed by atoms with Gasteiger partial charge in [-0.3, -0.25) is 0 Å². The van der Waals surface area contributed by atoms with Gasteiger partial charge >= 0.3 is 5.82 Å². The van der Waals surface area contributed by atoms with Crippen molar-refractivity contribution in [2.24, 2.45) is 0 Å². The minimum atomic E-state index is -0.659. The number of rotatable bonds is 2. The zero-order valence-electron chi connectivity index (χ0n) is 5.85. The third kappa shape index (κ3) is 1.29. The first-order chi connectivity index (χ1) is 4.74. The van der Waals surface area contributed by atoms with E-state index in [2.05, 4.69) is 15.8 Å². The van der Waals surface area contributed by atoms with Crippen LogP contribution in [-0.4, -0.2) is 0 Å². The Balaban J connectivity index is 2.92. The molecule has 0 amide bonds. The molecule has 1 aromatic rings. The first kappa shape index (κ1) is 7.12. The molecule has 0 N–H and O–H groups in total. The molecular formula is C7H9O3. The van der Waals surface area contributed by atoms with Gasteiger partial charge in [0.05, 0.1) is 0 Å². The quantitative estimate of drug-likeness (QED) is 0.624. The van der Waals surface area contributed by atoms with E-state index in [0.29, 0.717) is 17.9 Å². The van der Waals surface area contributed by atoms with E-state index in [0.717, 1.165) is 6.42 Å². The van der Waals surface area contributed by atoms with E-state index in [1.165, 1.54) is 0 Å². The molecule has 0 saturated heterocycles. The lowest BCUT2D eigenvalue weighted by molar-refractivity contribution is 0.371. The topological polar surface area (TPSA) is 43.4 Å². The smallest absolute Gasteiger partial charge is 0.396 e. The Morgan fingerprint density at radius 2 is 2.20 bits per heavy atom. The molecule has 0 atom stereocenters. The van der Waals surface area contributed by atoms with Gasteiger partial charge in [0, 0.05) is 13.3 Å². The summed E-state index contributed by atoms with van der Waals surface area (Å²) >= 11 is 0. The van der Waals surface area contributed by atoms with Crippen LogP contribution < -0.4 is 5.82 Å². The molecule has 1 radical (unpaired) electrons. The average Bonchev–Trinajstić information content (AvgIpc) is 2.13. The van der Waals surface area contributed by atoms with Gasteiger partial charge in [0.25, 0.3) is 0 Å². The molecule has 1 aromatic heterocycles. The summed E-state index contributed by atoms with van der Waals surface area (Å²) in [5.41, 5.74) is 0. The maximum atomic E-state index is 10.4. The fourth-order valence-corrected chi connectivity index (χ4v) is 0.753. The summed E-state index contributed by atoms with van der Waals surface area (Å²) in [5, 5.41) is 0. The van der Waals surface area contributed by atoms with Crippen LogP contribution in [0.5, 0.6) is 0 Å². The Bertz CT molecular complexity index is 256. The highest BCUT2D eigenvalue weighted by Crippen LogP contribution is 2.06. The second kappa shape index (κ2) is 2.73. The lowest BCUT2D eigenvalue weighted by Gasteiger charge is -1.87. The first-order valence-corrected chi connectivity index (χ1v) is 3.18. The van der Waals surface area contributed by atoms with Crippen molar-refractivity contribution in [3.63, 3.8) is 0 Å². The molecule has 0 unspecified atom stereocenters. The molecule has 0 spiro atoms. The zero-order chi connectivity index (χ0) is 7.56. The molecule has 0 aromatic carbocycles. The minimum absolute atomic E-state index is 0.354. The van der Waals surface area contributed by atoms with Gasteiger partial charge in [0.2, 0.25) is 0 Å². The van der Waals surface area contributed by atoms with Crippen molar-refractivity contribution < 1.29 is 8.83 Å². The van der Waals surface area contributed by atoms with E-state index in [1.54, 1.807) is 0 Å². The first-order valence-electron chi connectivity index (χ1n) is 3.18. The fourth-order valence-electron chi connectivity index (χ4n) is 0.753. The molecule has 0 aliphatic heterocycles. The molecular weight excluding hydrogens is 132 g/mol. The number of hydrogen-bond donors (Lipinski definition) is 0. The van der Waals surface area contributed by atoms with Gasteiger partial charge < -0.3 is 8.83 Å². The summed E-state index contributed by atoms with van der Waals surface area (Å²) in [6, 6.07) is 0. The largest absolute Gasteiger partial charge is 0.519 e. The summed E-state index contributed by atoms with van der Waals surface area (Å²) in [4.78, 5) is 10.4. The summed E-state index contributed by atoms with van der Waals surface area (Å²) < 4.78 is 9.20. The maximum absolute atomic E-state index is 10.4. The second-order valence-corrected chi connectivity index (χ2v) is 2.05. The Labute approximate surface area is 58.7 Å². The molecule has 3 nitrogen and oxygen atoms in total. The fraction of sp³-hybridized carbons (Fsp3) is 0.429. The SMILES string of the molecule is [CH2]c1oc(=O)oc1CCC. The van der Waals surface area contributed by atoms with Crippen molar-refractivity contribution in [3.05, 3.63) is 29.1 Å². The Hall–Kier alpha value is -0.990. The predicted molar refractivity (Wildman–Crippen MR) is 35.7 cm³/mol. The van der Waals surface area contributed by atoms with Gasteiger partial charge in [-0.1, -0.05) is 6.92 Å². The van der Waals surface area contributed by atoms with Crippen LogP contribution in [0, 0.1) is 6.92 Å². The molecule has 10 heavy (non-hydrogen) atoms. The molecule has 1 rings (SSSR count). The Kier molecular flexibility index (Phi) is 1.94. The van der Waals surface area contributed by atoms with Crippen LogP contribution in [0.3, 0.4) is 0 Å². The third-order valence-electron chi connectivity index (χ3n) is 1.20. The molecule has 0 aliphatic rings. The van der Waals surface area contributed by atoms with Gasteiger partial charge in [-0.25, -0.2) is 4.79 Å². The van der Waals surface area contributed by atoms with E-state index in [4.69, 9.17) is 0 Å². The number of hydrogen-bond acceptors (Lipinski definition) is 3. The van der Waals surface area contributed by atoms with Crippen LogP contribution in [0.2, 0.25) is 0 Å². The van der Waals surface area contributed by atoms with Crippen LogP contribution in [-0.2, 0) is 6.42 Å². The number of aryl methyl sites for hydroxylation is 1. The monoisotopic (exact) mass is 141 g/mol. The second-order valence-electron chi connectivity index (χ2n) is 2.05.